The Hall–Kier alpha value is -0.160. The zero-order valence-corrected chi connectivity index (χ0v) is 10.00. The third-order valence-corrected chi connectivity index (χ3v) is 3.85. The molecule has 0 aliphatic heterocycles. The van der Waals surface area contributed by atoms with Crippen molar-refractivity contribution in [3.63, 3.8) is 0 Å². The molecule has 1 fully saturated rings. The SMILES string of the molecule is NC1CCC(c2cc(F)ccc2I)C1. The topological polar surface area (TPSA) is 26.0 Å². The number of benzene rings is 1. The quantitative estimate of drug-likeness (QED) is 0.793. The van der Waals surface area contributed by atoms with Gasteiger partial charge in [-0.3, -0.25) is 0 Å². The maximum atomic E-state index is 13.1. The lowest BCUT2D eigenvalue weighted by Gasteiger charge is -2.12. The number of nitrogens with two attached hydrogens (primary N) is 1. The predicted octanol–water partition coefficient (Wildman–Crippen LogP) is 3.03. The first-order chi connectivity index (χ1) is 6.66. The van der Waals surface area contributed by atoms with E-state index in [1.54, 1.807) is 6.07 Å². The summed E-state index contributed by atoms with van der Waals surface area (Å²) >= 11 is 2.27. The first kappa shape index (κ1) is 10.4. The highest BCUT2D eigenvalue weighted by molar-refractivity contribution is 14.1. The van der Waals surface area contributed by atoms with Crippen molar-refractivity contribution in [2.75, 3.05) is 0 Å². The summed E-state index contributed by atoms with van der Waals surface area (Å²) in [6.45, 7) is 0. The van der Waals surface area contributed by atoms with E-state index in [0.717, 1.165) is 28.4 Å². The molecule has 0 radical (unpaired) electrons. The molecule has 1 nitrogen and oxygen atoms in total. The van der Waals surface area contributed by atoms with Crippen LogP contribution in [0, 0.1) is 9.39 Å². The van der Waals surface area contributed by atoms with Crippen LogP contribution in [-0.4, -0.2) is 6.04 Å². The van der Waals surface area contributed by atoms with Crippen LogP contribution in [0.1, 0.15) is 30.7 Å². The van der Waals surface area contributed by atoms with Gasteiger partial charge in [-0.15, -0.1) is 0 Å². The smallest absolute Gasteiger partial charge is 0.123 e. The van der Waals surface area contributed by atoms with Gasteiger partial charge < -0.3 is 5.73 Å². The number of hydrogen-bond acceptors (Lipinski definition) is 1. The Morgan fingerprint density at radius 2 is 2.14 bits per heavy atom. The zero-order valence-electron chi connectivity index (χ0n) is 7.84. The highest BCUT2D eigenvalue weighted by Gasteiger charge is 2.24. The van der Waals surface area contributed by atoms with E-state index in [1.165, 1.54) is 6.07 Å². The van der Waals surface area contributed by atoms with Gasteiger partial charge in [0.25, 0.3) is 0 Å². The van der Waals surface area contributed by atoms with Crippen molar-refractivity contribution in [3.8, 4) is 0 Å². The molecular weight excluding hydrogens is 292 g/mol. The van der Waals surface area contributed by atoms with Gasteiger partial charge in [0, 0.05) is 9.61 Å². The molecular formula is C11H13FIN. The third kappa shape index (κ3) is 2.08. The van der Waals surface area contributed by atoms with E-state index in [4.69, 9.17) is 5.73 Å². The molecule has 0 heterocycles. The highest BCUT2D eigenvalue weighted by Crippen LogP contribution is 2.35. The largest absolute Gasteiger partial charge is 0.328 e. The molecule has 0 spiro atoms. The fourth-order valence-electron chi connectivity index (χ4n) is 2.13. The molecule has 0 bridgehead atoms. The molecule has 0 amide bonds. The van der Waals surface area contributed by atoms with Crippen LogP contribution in [0.5, 0.6) is 0 Å². The van der Waals surface area contributed by atoms with Crippen LogP contribution in [0.25, 0.3) is 0 Å². The molecule has 0 aromatic heterocycles. The lowest BCUT2D eigenvalue weighted by molar-refractivity contribution is 0.615. The average Bonchev–Trinajstić information content (AvgIpc) is 2.56. The van der Waals surface area contributed by atoms with Crippen LogP contribution < -0.4 is 5.73 Å². The molecule has 2 N–H and O–H groups in total. The van der Waals surface area contributed by atoms with E-state index in [0.29, 0.717) is 12.0 Å². The number of hydrogen-bond donors (Lipinski definition) is 1. The first-order valence-electron chi connectivity index (χ1n) is 4.87. The Bertz CT molecular complexity index is 340. The van der Waals surface area contributed by atoms with Gasteiger partial charge in [-0.1, -0.05) is 0 Å². The molecule has 2 unspecified atom stereocenters. The zero-order chi connectivity index (χ0) is 10.1. The summed E-state index contributed by atoms with van der Waals surface area (Å²) in [4.78, 5) is 0. The third-order valence-electron chi connectivity index (χ3n) is 2.87. The second-order valence-corrected chi connectivity index (χ2v) is 5.10. The van der Waals surface area contributed by atoms with Gasteiger partial charge >= 0.3 is 0 Å². The Labute approximate surface area is 97.0 Å². The molecule has 3 heteroatoms. The molecule has 1 aliphatic rings. The Balaban J connectivity index is 2.27. The molecule has 1 aliphatic carbocycles. The second-order valence-electron chi connectivity index (χ2n) is 3.94. The van der Waals surface area contributed by atoms with Crippen LogP contribution in [0.4, 0.5) is 4.39 Å². The average molecular weight is 305 g/mol. The maximum absolute atomic E-state index is 13.1. The minimum absolute atomic E-state index is 0.138. The van der Waals surface area contributed by atoms with Crippen molar-refractivity contribution in [2.45, 2.75) is 31.2 Å². The van der Waals surface area contributed by atoms with Gasteiger partial charge in [-0.05, 0) is 71.5 Å². The van der Waals surface area contributed by atoms with Crippen molar-refractivity contribution in [1.29, 1.82) is 0 Å². The van der Waals surface area contributed by atoms with Crippen molar-refractivity contribution < 1.29 is 4.39 Å². The van der Waals surface area contributed by atoms with Crippen molar-refractivity contribution in [2.24, 2.45) is 5.73 Å². The standard InChI is InChI=1S/C11H13FIN/c12-8-2-4-11(13)10(6-8)7-1-3-9(14)5-7/h2,4,6-7,9H,1,3,5,14H2. The van der Waals surface area contributed by atoms with E-state index < -0.39 is 0 Å². The Morgan fingerprint density at radius 3 is 2.79 bits per heavy atom. The van der Waals surface area contributed by atoms with Crippen molar-refractivity contribution in [3.05, 3.63) is 33.1 Å². The summed E-state index contributed by atoms with van der Waals surface area (Å²) in [5, 5.41) is 0. The van der Waals surface area contributed by atoms with Crippen molar-refractivity contribution >= 4 is 22.6 Å². The molecule has 14 heavy (non-hydrogen) atoms. The molecule has 2 atom stereocenters. The van der Waals surface area contributed by atoms with Crippen LogP contribution in [-0.2, 0) is 0 Å². The summed E-state index contributed by atoms with van der Waals surface area (Å²) in [5.41, 5.74) is 6.99. The fraction of sp³-hybridized carbons (Fsp3) is 0.455. The fourth-order valence-corrected chi connectivity index (χ4v) is 2.90. The first-order valence-corrected chi connectivity index (χ1v) is 5.95. The van der Waals surface area contributed by atoms with Gasteiger partial charge in [0.2, 0.25) is 0 Å². The number of rotatable bonds is 1. The minimum Gasteiger partial charge on any atom is -0.328 e. The van der Waals surface area contributed by atoms with E-state index in [2.05, 4.69) is 22.6 Å². The predicted molar refractivity (Wildman–Crippen MR) is 63.7 cm³/mol. The van der Waals surface area contributed by atoms with Crippen LogP contribution in [0.2, 0.25) is 0 Å². The van der Waals surface area contributed by atoms with Crippen LogP contribution >= 0.6 is 22.6 Å². The van der Waals surface area contributed by atoms with Gasteiger partial charge in [0.15, 0.2) is 0 Å². The van der Waals surface area contributed by atoms with Gasteiger partial charge in [0.05, 0.1) is 0 Å². The Morgan fingerprint density at radius 1 is 1.36 bits per heavy atom. The summed E-state index contributed by atoms with van der Waals surface area (Å²) in [5.74, 6) is 0.327. The summed E-state index contributed by atoms with van der Waals surface area (Å²) in [6.07, 6.45) is 3.16. The molecule has 2 rings (SSSR count). The molecule has 0 saturated heterocycles. The Kier molecular flexibility index (Phi) is 3.07. The highest BCUT2D eigenvalue weighted by atomic mass is 127. The minimum atomic E-state index is -0.138. The van der Waals surface area contributed by atoms with Crippen molar-refractivity contribution in [1.82, 2.24) is 0 Å². The monoisotopic (exact) mass is 305 g/mol. The van der Waals surface area contributed by atoms with E-state index >= 15 is 0 Å². The van der Waals surface area contributed by atoms with E-state index in [9.17, 15) is 4.39 Å². The number of halogens is 2. The molecule has 1 aromatic carbocycles. The van der Waals surface area contributed by atoms with E-state index in [-0.39, 0.29) is 5.82 Å². The summed E-state index contributed by atoms with van der Waals surface area (Å²) < 4.78 is 14.2. The lowest BCUT2D eigenvalue weighted by Crippen LogP contribution is -2.14. The molecule has 76 valence electrons. The molecule has 1 saturated carbocycles. The molecule has 1 aromatic rings. The lowest BCUT2D eigenvalue weighted by atomic mass is 9.97. The van der Waals surface area contributed by atoms with Crippen LogP contribution in [0.15, 0.2) is 18.2 Å². The maximum Gasteiger partial charge on any atom is 0.123 e. The summed E-state index contributed by atoms with van der Waals surface area (Å²) in [7, 11) is 0. The van der Waals surface area contributed by atoms with Gasteiger partial charge in [-0.25, -0.2) is 4.39 Å². The van der Waals surface area contributed by atoms with Gasteiger partial charge in [-0.2, -0.15) is 0 Å². The van der Waals surface area contributed by atoms with Crippen LogP contribution in [0.3, 0.4) is 0 Å². The summed E-state index contributed by atoms with van der Waals surface area (Å²) in [6, 6.07) is 5.32. The van der Waals surface area contributed by atoms with E-state index in [1.807, 2.05) is 6.07 Å². The van der Waals surface area contributed by atoms with Gasteiger partial charge in [0.1, 0.15) is 5.82 Å². The second kappa shape index (κ2) is 4.14. The normalized spacial score (nSPS) is 26.8.